The molecule has 1 aliphatic heterocycles. The van der Waals surface area contributed by atoms with Crippen LogP contribution in [0.1, 0.15) is 18.5 Å². The highest BCUT2D eigenvalue weighted by Gasteiger charge is 2.32. The van der Waals surface area contributed by atoms with Crippen molar-refractivity contribution in [3.8, 4) is 5.75 Å². The number of methoxy groups -OCH3 is 1. The Morgan fingerprint density at radius 1 is 1.48 bits per heavy atom. The zero-order valence-corrected chi connectivity index (χ0v) is 13.6. The Hall–Kier alpha value is -1.18. The van der Waals surface area contributed by atoms with Gasteiger partial charge in [0, 0.05) is 39.4 Å². The quantitative estimate of drug-likeness (QED) is 0.810. The molecule has 0 N–H and O–H groups in total. The molecular formula is C14H23N3O3S. The molecule has 1 aliphatic rings. The van der Waals surface area contributed by atoms with Crippen molar-refractivity contribution in [2.45, 2.75) is 24.6 Å². The first kappa shape index (κ1) is 16.2. The van der Waals surface area contributed by atoms with Crippen LogP contribution in [-0.2, 0) is 16.6 Å². The molecule has 0 aromatic carbocycles. The monoisotopic (exact) mass is 313 g/mol. The van der Waals surface area contributed by atoms with Crippen LogP contribution in [0.4, 0.5) is 0 Å². The van der Waals surface area contributed by atoms with E-state index in [-0.39, 0.29) is 5.25 Å². The van der Waals surface area contributed by atoms with Crippen molar-refractivity contribution >= 4 is 10.0 Å². The van der Waals surface area contributed by atoms with Crippen molar-refractivity contribution in [3.05, 3.63) is 24.0 Å². The zero-order chi connectivity index (χ0) is 15.5. The van der Waals surface area contributed by atoms with Crippen LogP contribution in [0.3, 0.4) is 0 Å². The zero-order valence-electron chi connectivity index (χ0n) is 12.8. The topological polar surface area (TPSA) is 62.7 Å². The minimum Gasteiger partial charge on any atom is -0.497 e. The van der Waals surface area contributed by atoms with Gasteiger partial charge in [-0.05, 0) is 25.5 Å². The maximum atomic E-state index is 12.2. The second-order valence-electron chi connectivity index (χ2n) is 5.51. The molecule has 21 heavy (non-hydrogen) atoms. The predicted molar refractivity (Wildman–Crippen MR) is 81.7 cm³/mol. The van der Waals surface area contributed by atoms with E-state index < -0.39 is 10.0 Å². The normalized spacial score (nSPS) is 20.7. The maximum absolute atomic E-state index is 12.2. The predicted octanol–water partition coefficient (Wildman–Crippen LogP) is 0.946. The standard InChI is InChI=1S/C14H23N3O3S/c1-16(2)21(18,19)14-5-4-8-17(11-14)10-12-9-13(20-3)6-7-15-12/h6-7,9,14H,4-5,8,10-11H2,1-3H3. The van der Waals surface area contributed by atoms with E-state index in [1.165, 1.54) is 4.31 Å². The number of sulfonamides is 1. The number of nitrogens with zero attached hydrogens (tertiary/aromatic N) is 3. The fourth-order valence-corrected chi connectivity index (χ4v) is 4.06. The summed E-state index contributed by atoms with van der Waals surface area (Å²) in [4.78, 5) is 6.47. The third-order valence-corrected chi connectivity index (χ3v) is 6.05. The van der Waals surface area contributed by atoms with Gasteiger partial charge in [0.2, 0.25) is 10.0 Å². The molecule has 0 amide bonds. The highest BCUT2D eigenvalue weighted by molar-refractivity contribution is 7.89. The smallest absolute Gasteiger partial charge is 0.217 e. The molecule has 7 heteroatoms. The van der Waals surface area contributed by atoms with Gasteiger partial charge >= 0.3 is 0 Å². The fourth-order valence-electron chi connectivity index (χ4n) is 2.60. The molecule has 0 saturated carbocycles. The summed E-state index contributed by atoms with van der Waals surface area (Å²) < 4.78 is 31.0. The van der Waals surface area contributed by atoms with Crippen molar-refractivity contribution in [3.63, 3.8) is 0 Å². The van der Waals surface area contributed by atoms with Crippen LogP contribution < -0.4 is 4.74 Å². The molecule has 118 valence electrons. The number of hydrogen-bond donors (Lipinski definition) is 0. The molecule has 0 spiro atoms. The number of piperidine rings is 1. The Bertz CT molecular complexity index is 575. The molecule has 0 bridgehead atoms. The van der Waals surface area contributed by atoms with Gasteiger partial charge in [0.15, 0.2) is 0 Å². The summed E-state index contributed by atoms with van der Waals surface area (Å²) in [6.45, 7) is 2.11. The Balaban J connectivity index is 2.04. The van der Waals surface area contributed by atoms with Gasteiger partial charge < -0.3 is 4.74 Å². The summed E-state index contributed by atoms with van der Waals surface area (Å²) in [5.41, 5.74) is 0.900. The number of ether oxygens (including phenoxy) is 1. The summed E-state index contributed by atoms with van der Waals surface area (Å²) in [5, 5.41) is -0.327. The number of pyridine rings is 1. The molecule has 2 rings (SSSR count). The van der Waals surface area contributed by atoms with Gasteiger partial charge in [-0.15, -0.1) is 0 Å². The van der Waals surface area contributed by atoms with E-state index in [9.17, 15) is 8.42 Å². The minimum absolute atomic E-state index is 0.327. The summed E-state index contributed by atoms with van der Waals surface area (Å²) in [5.74, 6) is 0.773. The second kappa shape index (κ2) is 6.72. The van der Waals surface area contributed by atoms with Gasteiger partial charge in [-0.3, -0.25) is 9.88 Å². The summed E-state index contributed by atoms with van der Waals surface area (Å²) >= 11 is 0. The van der Waals surface area contributed by atoms with Crippen LogP contribution in [0.5, 0.6) is 5.75 Å². The van der Waals surface area contributed by atoms with Crippen LogP contribution in [-0.4, -0.2) is 62.2 Å². The molecule has 1 atom stereocenters. The Morgan fingerprint density at radius 2 is 2.24 bits per heavy atom. The van der Waals surface area contributed by atoms with Gasteiger partial charge in [0.25, 0.3) is 0 Å². The molecule has 1 aromatic heterocycles. The van der Waals surface area contributed by atoms with E-state index >= 15 is 0 Å². The van der Waals surface area contributed by atoms with Crippen molar-refractivity contribution in [2.75, 3.05) is 34.3 Å². The lowest BCUT2D eigenvalue weighted by Crippen LogP contribution is -2.45. The first-order valence-electron chi connectivity index (χ1n) is 7.06. The third-order valence-electron chi connectivity index (χ3n) is 3.80. The van der Waals surface area contributed by atoms with Crippen molar-refractivity contribution in [2.24, 2.45) is 0 Å². The van der Waals surface area contributed by atoms with Gasteiger partial charge in [-0.1, -0.05) is 0 Å². The van der Waals surface area contributed by atoms with Crippen LogP contribution in [0.2, 0.25) is 0 Å². The number of hydrogen-bond acceptors (Lipinski definition) is 5. The van der Waals surface area contributed by atoms with E-state index in [1.54, 1.807) is 33.5 Å². The van der Waals surface area contributed by atoms with Crippen LogP contribution in [0, 0.1) is 0 Å². The van der Waals surface area contributed by atoms with Crippen LogP contribution in [0.25, 0.3) is 0 Å². The molecule has 1 aromatic rings. The summed E-state index contributed by atoms with van der Waals surface area (Å²) in [6.07, 6.45) is 3.33. The average molecular weight is 313 g/mol. The molecular weight excluding hydrogens is 290 g/mol. The first-order chi connectivity index (χ1) is 9.93. The molecule has 1 unspecified atom stereocenters. The highest BCUT2D eigenvalue weighted by Crippen LogP contribution is 2.21. The third kappa shape index (κ3) is 3.93. The van der Waals surface area contributed by atoms with Gasteiger partial charge in [0.05, 0.1) is 18.1 Å². The highest BCUT2D eigenvalue weighted by atomic mass is 32.2. The lowest BCUT2D eigenvalue weighted by Gasteiger charge is -2.33. The fraction of sp³-hybridized carbons (Fsp3) is 0.643. The van der Waals surface area contributed by atoms with Crippen LogP contribution in [0.15, 0.2) is 18.3 Å². The van der Waals surface area contributed by atoms with E-state index in [0.717, 1.165) is 30.8 Å². The van der Waals surface area contributed by atoms with Gasteiger partial charge in [-0.25, -0.2) is 12.7 Å². The van der Waals surface area contributed by atoms with E-state index in [1.807, 2.05) is 6.07 Å². The van der Waals surface area contributed by atoms with Crippen molar-refractivity contribution in [1.29, 1.82) is 0 Å². The SMILES string of the molecule is COc1ccnc(CN2CCCC(S(=O)(=O)N(C)C)C2)c1. The number of aromatic nitrogens is 1. The van der Waals surface area contributed by atoms with E-state index in [0.29, 0.717) is 13.1 Å². The molecule has 1 fully saturated rings. The largest absolute Gasteiger partial charge is 0.497 e. The molecule has 1 saturated heterocycles. The Morgan fingerprint density at radius 3 is 2.90 bits per heavy atom. The minimum atomic E-state index is -3.19. The van der Waals surface area contributed by atoms with Crippen molar-refractivity contribution in [1.82, 2.24) is 14.2 Å². The number of rotatable bonds is 5. The lowest BCUT2D eigenvalue weighted by atomic mass is 10.1. The lowest BCUT2D eigenvalue weighted by molar-refractivity contribution is 0.217. The molecule has 2 heterocycles. The molecule has 0 radical (unpaired) electrons. The second-order valence-corrected chi connectivity index (χ2v) is 7.94. The maximum Gasteiger partial charge on any atom is 0.217 e. The average Bonchev–Trinajstić information content (AvgIpc) is 2.47. The van der Waals surface area contributed by atoms with E-state index in [4.69, 9.17) is 4.74 Å². The van der Waals surface area contributed by atoms with Crippen LogP contribution >= 0.6 is 0 Å². The van der Waals surface area contributed by atoms with E-state index in [2.05, 4.69) is 9.88 Å². The summed E-state index contributed by atoms with van der Waals surface area (Å²) in [6, 6.07) is 3.70. The molecule has 6 nitrogen and oxygen atoms in total. The molecule has 0 aliphatic carbocycles. The van der Waals surface area contributed by atoms with Gasteiger partial charge in [-0.2, -0.15) is 0 Å². The summed E-state index contributed by atoms with van der Waals surface area (Å²) in [7, 11) is 1.62. The van der Waals surface area contributed by atoms with Crippen molar-refractivity contribution < 1.29 is 13.2 Å². The number of likely N-dealkylation sites (tertiary alicyclic amines) is 1. The Labute approximate surface area is 126 Å². The Kier molecular flexibility index (Phi) is 5.18. The van der Waals surface area contributed by atoms with Gasteiger partial charge in [0.1, 0.15) is 5.75 Å². The first-order valence-corrected chi connectivity index (χ1v) is 8.56.